The fourth-order valence-corrected chi connectivity index (χ4v) is 1.08. The third kappa shape index (κ3) is 5.74. The van der Waals surface area contributed by atoms with Crippen LogP contribution in [-0.4, -0.2) is 39.9 Å². The fourth-order valence-electron chi connectivity index (χ4n) is 1.08. The Balaban J connectivity index is 4.03. The number of carboxylic acids is 2. The minimum atomic E-state index is -1.54. The molecule has 0 aromatic carbocycles. The van der Waals surface area contributed by atoms with Crippen molar-refractivity contribution < 1.29 is 29.4 Å². The Hall–Kier alpha value is -1.92. The summed E-state index contributed by atoms with van der Waals surface area (Å²) in [6.45, 7) is 1.18. The second-order valence-electron chi connectivity index (χ2n) is 3.21. The smallest absolute Gasteiger partial charge is 0.372 e. The van der Waals surface area contributed by atoms with Gasteiger partial charge in [-0.3, -0.25) is 9.59 Å². The molecule has 1 atom stereocenters. The maximum Gasteiger partial charge on any atom is 0.372 e. The standard InChI is InChI=1S/C9H13NO6/c1-5(11)10-6(8(13)14)3-2-4-7(12)9(15)16/h6H,2-4H2,1H3,(H,10,11)(H,13,14)(H,15,16). The average Bonchev–Trinajstić information content (AvgIpc) is 2.14. The fraction of sp³-hybridized carbons (Fsp3) is 0.556. The van der Waals surface area contributed by atoms with Crippen LogP contribution in [0.4, 0.5) is 0 Å². The Morgan fingerprint density at radius 1 is 1.19 bits per heavy atom. The summed E-state index contributed by atoms with van der Waals surface area (Å²) in [5, 5.41) is 19.1. The molecule has 0 saturated carbocycles. The molecule has 16 heavy (non-hydrogen) atoms. The maximum absolute atomic E-state index is 10.7. The number of aliphatic carboxylic acids is 2. The van der Waals surface area contributed by atoms with Crippen molar-refractivity contribution in [3.63, 3.8) is 0 Å². The highest BCUT2D eigenvalue weighted by molar-refractivity contribution is 6.32. The number of ketones is 1. The molecule has 0 saturated heterocycles. The monoisotopic (exact) mass is 231 g/mol. The zero-order chi connectivity index (χ0) is 12.7. The predicted octanol–water partition coefficient (Wildman–Crippen LogP) is -0.600. The summed E-state index contributed by atoms with van der Waals surface area (Å²) < 4.78 is 0. The van der Waals surface area contributed by atoms with Crippen LogP contribution in [0.3, 0.4) is 0 Å². The molecule has 0 aliphatic heterocycles. The van der Waals surface area contributed by atoms with Crippen LogP contribution >= 0.6 is 0 Å². The van der Waals surface area contributed by atoms with Crippen LogP contribution < -0.4 is 5.32 Å². The molecule has 7 nitrogen and oxygen atoms in total. The second kappa shape index (κ2) is 6.54. The summed E-state index contributed by atoms with van der Waals surface area (Å²) in [5.74, 6) is -4.20. The van der Waals surface area contributed by atoms with E-state index in [2.05, 4.69) is 5.32 Å². The van der Waals surface area contributed by atoms with Crippen molar-refractivity contribution in [1.82, 2.24) is 5.32 Å². The van der Waals surface area contributed by atoms with Gasteiger partial charge < -0.3 is 15.5 Å². The van der Waals surface area contributed by atoms with Crippen LogP contribution in [0.5, 0.6) is 0 Å². The number of hydrogen-bond acceptors (Lipinski definition) is 4. The Morgan fingerprint density at radius 2 is 1.75 bits per heavy atom. The summed E-state index contributed by atoms with van der Waals surface area (Å²) in [4.78, 5) is 42.1. The second-order valence-corrected chi connectivity index (χ2v) is 3.21. The normalized spacial score (nSPS) is 11.6. The molecule has 0 radical (unpaired) electrons. The molecule has 0 aromatic heterocycles. The van der Waals surface area contributed by atoms with Gasteiger partial charge in [-0.15, -0.1) is 0 Å². The highest BCUT2D eigenvalue weighted by Crippen LogP contribution is 2.02. The summed E-state index contributed by atoms with van der Waals surface area (Å²) in [6, 6.07) is -1.08. The van der Waals surface area contributed by atoms with Gasteiger partial charge in [-0.1, -0.05) is 0 Å². The third-order valence-corrected chi connectivity index (χ3v) is 1.81. The molecule has 7 heteroatoms. The first-order valence-electron chi connectivity index (χ1n) is 4.60. The van der Waals surface area contributed by atoms with Gasteiger partial charge in [0, 0.05) is 13.3 Å². The van der Waals surface area contributed by atoms with Crippen LogP contribution in [0, 0.1) is 0 Å². The first-order chi connectivity index (χ1) is 7.34. The van der Waals surface area contributed by atoms with Crippen LogP contribution in [-0.2, 0) is 19.2 Å². The lowest BCUT2D eigenvalue weighted by Gasteiger charge is -2.11. The molecule has 3 N–H and O–H groups in total. The molecule has 0 aliphatic rings. The van der Waals surface area contributed by atoms with Crippen molar-refractivity contribution in [3.8, 4) is 0 Å². The first-order valence-corrected chi connectivity index (χ1v) is 4.60. The van der Waals surface area contributed by atoms with Crippen molar-refractivity contribution in [2.45, 2.75) is 32.2 Å². The number of hydrogen-bond donors (Lipinski definition) is 3. The number of carbonyl (C=O) groups excluding carboxylic acids is 2. The van der Waals surface area contributed by atoms with Gasteiger partial charge in [0.25, 0.3) is 0 Å². The molecule has 0 rings (SSSR count). The summed E-state index contributed by atoms with van der Waals surface area (Å²) in [7, 11) is 0. The van der Waals surface area contributed by atoms with Crippen LogP contribution in [0.2, 0.25) is 0 Å². The summed E-state index contributed by atoms with van der Waals surface area (Å²) >= 11 is 0. The molecule has 0 aliphatic carbocycles. The molecule has 0 fully saturated rings. The summed E-state index contributed by atoms with van der Waals surface area (Å²) in [6.07, 6.45) is -0.116. The van der Waals surface area contributed by atoms with E-state index in [1.54, 1.807) is 0 Å². The molecule has 1 amide bonds. The Bertz CT molecular complexity index is 311. The SMILES string of the molecule is CC(=O)NC(CCCC(=O)C(=O)O)C(=O)O. The summed E-state index contributed by atoms with van der Waals surface area (Å²) in [5.41, 5.74) is 0. The lowest BCUT2D eigenvalue weighted by molar-refractivity contribution is -0.149. The lowest BCUT2D eigenvalue weighted by atomic mass is 10.1. The van der Waals surface area contributed by atoms with Gasteiger partial charge in [0.1, 0.15) is 6.04 Å². The highest BCUT2D eigenvalue weighted by atomic mass is 16.4. The van der Waals surface area contributed by atoms with Crippen molar-refractivity contribution in [1.29, 1.82) is 0 Å². The van der Waals surface area contributed by atoms with Crippen LogP contribution in [0.15, 0.2) is 0 Å². The van der Waals surface area contributed by atoms with E-state index in [1.165, 1.54) is 6.92 Å². The van der Waals surface area contributed by atoms with Crippen LogP contribution in [0.1, 0.15) is 26.2 Å². The Morgan fingerprint density at radius 3 is 2.12 bits per heavy atom. The molecule has 1 unspecified atom stereocenters. The number of Topliss-reactive ketones (excluding diaryl/α,β-unsaturated/α-hetero) is 1. The number of carboxylic acid groups (broad SMARTS) is 2. The predicted molar refractivity (Wildman–Crippen MR) is 51.7 cm³/mol. The largest absolute Gasteiger partial charge is 0.480 e. The quantitative estimate of drug-likeness (QED) is 0.503. The minimum absolute atomic E-state index is 0.0218. The third-order valence-electron chi connectivity index (χ3n) is 1.81. The van der Waals surface area contributed by atoms with Crippen molar-refractivity contribution in [3.05, 3.63) is 0 Å². The minimum Gasteiger partial charge on any atom is -0.480 e. The topological polar surface area (TPSA) is 121 Å². The van der Waals surface area contributed by atoms with E-state index in [1.807, 2.05) is 0 Å². The molecule has 0 heterocycles. The van der Waals surface area contributed by atoms with Gasteiger partial charge in [-0.2, -0.15) is 0 Å². The van der Waals surface area contributed by atoms with Gasteiger partial charge in [-0.05, 0) is 12.8 Å². The van der Waals surface area contributed by atoms with E-state index >= 15 is 0 Å². The number of carbonyl (C=O) groups is 4. The van der Waals surface area contributed by atoms with E-state index in [9.17, 15) is 19.2 Å². The lowest BCUT2D eigenvalue weighted by Crippen LogP contribution is -2.39. The average molecular weight is 231 g/mol. The molecule has 0 bridgehead atoms. The van der Waals surface area contributed by atoms with E-state index in [0.29, 0.717) is 0 Å². The Kier molecular flexibility index (Phi) is 5.76. The van der Waals surface area contributed by atoms with Gasteiger partial charge in [-0.25, -0.2) is 9.59 Å². The van der Waals surface area contributed by atoms with E-state index in [4.69, 9.17) is 10.2 Å². The van der Waals surface area contributed by atoms with Crippen molar-refractivity contribution in [2.75, 3.05) is 0 Å². The first kappa shape index (κ1) is 14.1. The molecule has 90 valence electrons. The zero-order valence-electron chi connectivity index (χ0n) is 8.73. The molecular formula is C9H13NO6. The van der Waals surface area contributed by atoms with Crippen LogP contribution in [0.25, 0.3) is 0 Å². The number of amides is 1. The number of nitrogens with one attached hydrogen (secondary N) is 1. The van der Waals surface area contributed by atoms with E-state index in [0.717, 1.165) is 0 Å². The van der Waals surface area contributed by atoms with Gasteiger partial charge in [0.05, 0.1) is 0 Å². The van der Waals surface area contributed by atoms with E-state index < -0.39 is 29.7 Å². The Labute approximate surface area is 91.4 Å². The van der Waals surface area contributed by atoms with Crippen molar-refractivity contribution in [2.24, 2.45) is 0 Å². The van der Waals surface area contributed by atoms with Gasteiger partial charge in [0.15, 0.2) is 0 Å². The molecule has 0 aromatic rings. The van der Waals surface area contributed by atoms with Gasteiger partial charge >= 0.3 is 11.9 Å². The van der Waals surface area contributed by atoms with E-state index in [-0.39, 0.29) is 19.3 Å². The zero-order valence-corrected chi connectivity index (χ0v) is 8.73. The molecular weight excluding hydrogens is 218 g/mol. The van der Waals surface area contributed by atoms with Gasteiger partial charge in [0.2, 0.25) is 11.7 Å². The van der Waals surface area contributed by atoms with Crippen molar-refractivity contribution >= 4 is 23.6 Å². The molecule has 0 spiro atoms. The maximum atomic E-state index is 10.7. The number of rotatable bonds is 7. The highest BCUT2D eigenvalue weighted by Gasteiger charge is 2.19.